The predicted octanol–water partition coefficient (Wildman–Crippen LogP) is 4.35. The molecule has 0 unspecified atom stereocenters. The summed E-state index contributed by atoms with van der Waals surface area (Å²) in [4.78, 5) is 16.2. The molecule has 0 aliphatic carbocycles. The lowest BCUT2D eigenvalue weighted by Crippen LogP contribution is -2.14. The number of unbranched alkanes of at least 4 members (excludes halogenated alkanes) is 1. The Balaban J connectivity index is 1.48. The maximum absolute atomic E-state index is 12.3. The van der Waals surface area contributed by atoms with Crippen LogP contribution in [-0.4, -0.2) is 16.0 Å². The summed E-state index contributed by atoms with van der Waals surface area (Å²) in [6.45, 7) is 0. The lowest BCUT2D eigenvalue weighted by Gasteiger charge is -2.10. The van der Waals surface area contributed by atoms with Crippen molar-refractivity contribution < 1.29 is 14.0 Å². The molecule has 1 atom stereocenters. The second-order valence-electron chi connectivity index (χ2n) is 6.37. The number of benzene rings is 2. The number of nitrogen functional groups attached to an aromatic ring is 1. The van der Waals surface area contributed by atoms with Crippen molar-refractivity contribution in [3.05, 3.63) is 76.8 Å². The van der Waals surface area contributed by atoms with E-state index in [1.54, 1.807) is 24.3 Å². The average Bonchev–Trinajstić information content (AvgIpc) is 3.20. The topological polar surface area (TPSA) is 88.2 Å². The van der Waals surface area contributed by atoms with Gasteiger partial charge in [-0.25, -0.2) is 4.98 Å². The molecule has 1 amide bonds. The molecule has 0 radical (unpaired) electrons. The zero-order chi connectivity index (χ0) is 22.5. The zero-order valence-electron chi connectivity index (χ0n) is 18.4. The second-order valence-corrected chi connectivity index (χ2v) is 7.26. The quantitative estimate of drug-likeness (QED) is 0.468. The first-order valence-electron chi connectivity index (χ1n) is 10.6. The SMILES string of the molecule is [2H]C([2H])(C(=O)Nc1ccc(CCCC[C@]([2H])(O)c2ccccc2)cc1)c1csc(N)n1. The van der Waals surface area contributed by atoms with Crippen LogP contribution in [0.4, 0.5) is 10.8 Å². The fraction of sp³-hybridized carbons (Fsp3) is 0.273. The molecule has 146 valence electrons. The Morgan fingerprint density at radius 1 is 1.21 bits per heavy atom. The van der Waals surface area contributed by atoms with Crippen molar-refractivity contribution in [2.24, 2.45) is 0 Å². The van der Waals surface area contributed by atoms with Crippen molar-refractivity contribution in [1.82, 2.24) is 4.98 Å². The molecular formula is C22H25N3O2S. The Hall–Kier alpha value is -2.70. The number of thiazole rings is 1. The van der Waals surface area contributed by atoms with Crippen LogP contribution in [0, 0.1) is 0 Å². The van der Waals surface area contributed by atoms with E-state index < -0.39 is 18.4 Å². The van der Waals surface area contributed by atoms with Gasteiger partial charge in [-0.15, -0.1) is 11.3 Å². The second kappa shape index (κ2) is 10.0. The first-order chi connectivity index (χ1) is 14.7. The third kappa shape index (κ3) is 6.18. The van der Waals surface area contributed by atoms with E-state index >= 15 is 0 Å². The zero-order valence-corrected chi connectivity index (χ0v) is 16.2. The van der Waals surface area contributed by atoms with Crippen molar-refractivity contribution in [2.45, 2.75) is 38.1 Å². The number of nitrogens with two attached hydrogens (primary N) is 1. The minimum absolute atomic E-state index is 0.00558. The number of carbonyl (C=O) groups is 1. The molecule has 0 aliphatic rings. The minimum atomic E-state index is -2.28. The van der Waals surface area contributed by atoms with Gasteiger partial charge in [0, 0.05) is 13.8 Å². The summed E-state index contributed by atoms with van der Waals surface area (Å²) in [7, 11) is 0. The lowest BCUT2D eigenvalue weighted by atomic mass is 10.0. The van der Waals surface area contributed by atoms with Gasteiger partial charge in [0.25, 0.3) is 0 Å². The number of aliphatic hydroxyl groups is 1. The summed E-state index contributed by atoms with van der Waals surface area (Å²) in [5, 5.41) is 14.6. The Morgan fingerprint density at radius 2 is 1.96 bits per heavy atom. The molecule has 0 bridgehead atoms. The molecule has 28 heavy (non-hydrogen) atoms. The maximum Gasteiger partial charge on any atom is 0.230 e. The number of rotatable bonds is 9. The number of nitrogens with zero attached hydrogens (tertiary/aromatic N) is 1. The van der Waals surface area contributed by atoms with Crippen molar-refractivity contribution in [3.63, 3.8) is 0 Å². The molecule has 2 aromatic carbocycles. The van der Waals surface area contributed by atoms with Crippen molar-refractivity contribution in [2.75, 3.05) is 11.1 Å². The van der Waals surface area contributed by atoms with Crippen LogP contribution >= 0.6 is 11.3 Å². The van der Waals surface area contributed by atoms with Crippen molar-refractivity contribution >= 4 is 28.1 Å². The Morgan fingerprint density at radius 3 is 2.64 bits per heavy atom. The van der Waals surface area contributed by atoms with Gasteiger partial charge in [-0.3, -0.25) is 4.79 Å². The molecule has 6 heteroatoms. The van der Waals surface area contributed by atoms with Crippen LogP contribution in [0.1, 0.15) is 46.3 Å². The maximum atomic E-state index is 12.3. The molecule has 1 heterocycles. The molecule has 4 N–H and O–H groups in total. The van der Waals surface area contributed by atoms with Gasteiger partial charge in [0.15, 0.2) is 5.13 Å². The molecule has 3 rings (SSSR count). The predicted molar refractivity (Wildman–Crippen MR) is 114 cm³/mol. The number of anilines is 2. The summed E-state index contributed by atoms with van der Waals surface area (Å²) in [5.41, 5.74) is 7.67. The first kappa shape index (κ1) is 16.3. The van der Waals surface area contributed by atoms with Gasteiger partial charge in [-0.2, -0.15) is 0 Å². The standard InChI is InChI=1S/C22H25N3O2S/c23-22-25-19(15-28-22)14-21(27)24-18-12-10-16(11-13-18)6-4-5-9-20(26)17-7-2-1-3-8-17/h1-3,7-8,10-13,15,20,26H,4-6,9,14H2,(H2,23,25)(H,24,27)/t20-/m0/s1/i14D2,20D. The van der Waals surface area contributed by atoms with Crippen LogP contribution in [0.5, 0.6) is 0 Å². The van der Waals surface area contributed by atoms with Gasteiger partial charge in [0.1, 0.15) is 0 Å². The summed E-state index contributed by atoms with van der Waals surface area (Å²) >= 11 is 1.09. The van der Waals surface area contributed by atoms with E-state index in [0.717, 1.165) is 29.7 Å². The van der Waals surface area contributed by atoms with Gasteiger partial charge in [-0.1, -0.05) is 48.9 Å². The lowest BCUT2D eigenvalue weighted by molar-refractivity contribution is -0.115. The molecule has 0 spiro atoms. The molecule has 0 fully saturated rings. The van der Waals surface area contributed by atoms with E-state index in [1.807, 2.05) is 30.3 Å². The number of carbonyl (C=O) groups excluding carboxylic acids is 1. The molecule has 1 aromatic heterocycles. The Bertz CT molecular complexity index is 1010. The fourth-order valence-corrected chi connectivity index (χ4v) is 3.27. The number of amides is 1. The molecule has 3 aromatic rings. The number of aryl methyl sites for hydroxylation is 1. The van der Waals surface area contributed by atoms with Gasteiger partial charge < -0.3 is 16.2 Å². The highest BCUT2D eigenvalue weighted by molar-refractivity contribution is 7.13. The Labute approximate surface area is 173 Å². The van der Waals surface area contributed by atoms with Gasteiger partial charge in [0.05, 0.1) is 19.5 Å². The summed E-state index contributed by atoms with van der Waals surface area (Å²) < 4.78 is 24.2. The normalized spacial score (nSPS) is 15.1. The highest BCUT2D eigenvalue weighted by Gasteiger charge is 2.08. The third-order valence-electron chi connectivity index (χ3n) is 4.21. The van der Waals surface area contributed by atoms with Crippen molar-refractivity contribution in [3.8, 4) is 0 Å². The summed E-state index contributed by atoms with van der Waals surface area (Å²) in [6, 6.07) is 16.2. The number of aromatic nitrogens is 1. The monoisotopic (exact) mass is 398 g/mol. The van der Waals surface area contributed by atoms with E-state index in [4.69, 9.17) is 9.85 Å². The van der Waals surface area contributed by atoms with Crippen molar-refractivity contribution in [1.29, 1.82) is 0 Å². The Kier molecular flexibility index (Phi) is 5.82. The highest BCUT2D eigenvalue weighted by atomic mass is 32.1. The number of nitrogens with one attached hydrogen (secondary N) is 1. The van der Waals surface area contributed by atoms with E-state index in [-0.39, 0.29) is 10.8 Å². The van der Waals surface area contributed by atoms with Crippen LogP contribution in [0.2, 0.25) is 0 Å². The highest BCUT2D eigenvalue weighted by Crippen LogP contribution is 2.20. The van der Waals surface area contributed by atoms with Gasteiger partial charge in [0.2, 0.25) is 5.91 Å². The minimum Gasteiger partial charge on any atom is -0.388 e. The smallest absolute Gasteiger partial charge is 0.230 e. The summed E-state index contributed by atoms with van der Waals surface area (Å²) in [6.07, 6.45) is -1.23. The number of hydrogen-bond acceptors (Lipinski definition) is 5. The number of hydrogen-bond donors (Lipinski definition) is 3. The molecule has 0 saturated heterocycles. The molecule has 0 saturated carbocycles. The largest absolute Gasteiger partial charge is 0.388 e. The van der Waals surface area contributed by atoms with E-state index in [0.29, 0.717) is 24.1 Å². The van der Waals surface area contributed by atoms with Crippen LogP contribution in [-0.2, 0) is 17.6 Å². The average molecular weight is 399 g/mol. The van der Waals surface area contributed by atoms with Crippen LogP contribution in [0.3, 0.4) is 0 Å². The fourth-order valence-electron chi connectivity index (χ4n) is 2.77. The molecule has 5 nitrogen and oxygen atoms in total. The first-order valence-corrected chi connectivity index (χ1v) is 9.96. The van der Waals surface area contributed by atoms with Crippen LogP contribution in [0.25, 0.3) is 0 Å². The molecular weight excluding hydrogens is 370 g/mol. The van der Waals surface area contributed by atoms with E-state index in [2.05, 4.69) is 10.3 Å². The van der Waals surface area contributed by atoms with Crippen LogP contribution < -0.4 is 11.1 Å². The van der Waals surface area contributed by atoms with E-state index in [1.165, 1.54) is 5.38 Å². The summed E-state index contributed by atoms with van der Waals surface area (Å²) in [5.74, 6) is -0.804. The molecule has 0 aliphatic heterocycles. The third-order valence-corrected chi connectivity index (χ3v) is 4.89. The van der Waals surface area contributed by atoms with E-state index in [9.17, 15) is 9.90 Å². The van der Waals surface area contributed by atoms with Gasteiger partial charge in [-0.05, 0) is 42.5 Å². The van der Waals surface area contributed by atoms with Gasteiger partial charge >= 0.3 is 0 Å². The van der Waals surface area contributed by atoms with Crippen LogP contribution in [0.15, 0.2) is 60.0 Å².